The topological polar surface area (TPSA) is 75.7 Å². The normalized spacial score (nSPS) is 17.1. The van der Waals surface area contributed by atoms with Crippen LogP contribution in [0, 0.1) is 0 Å². The van der Waals surface area contributed by atoms with Crippen LogP contribution in [0.2, 0.25) is 0 Å². The summed E-state index contributed by atoms with van der Waals surface area (Å²) < 4.78 is 32.2. The van der Waals surface area contributed by atoms with Gasteiger partial charge in [-0.2, -0.15) is 0 Å². The van der Waals surface area contributed by atoms with Crippen molar-refractivity contribution in [2.75, 3.05) is 20.2 Å². The minimum absolute atomic E-state index is 0.0402. The van der Waals surface area contributed by atoms with E-state index in [9.17, 15) is 13.2 Å². The molecule has 0 aliphatic carbocycles. The monoisotopic (exact) mass is 388 g/mol. The van der Waals surface area contributed by atoms with Crippen LogP contribution in [0.3, 0.4) is 0 Å². The minimum Gasteiger partial charge on any atom is -0.497 e. The number of nitrogens with zero attached hydrogens (tertiary/aromatic N) is 1. The Bertz CT molecular complexity index is 927. The highest BCUT2D eigenvalue weighted by Crippen LogP contribution is 2.34. The molecule has 144 valence electrons. The van der Waals surface area contributed by atoms with Crippen molar-refractivity contribution in [2.45, 2.75) is 30.7 Å². The summed E-state index contributed by atoms with van der Waals surface area (Å²) in [6, 6.07) is 13.9. The van der Waals surface area contributed by atoms with Crippen molar-refractivity contribution in [1.29, 1.82) is 0 Å². The van der Waals surface area contributed by atoms with Crippen molar-refractivity contribution < 1.29 is 17.9 Å². The van der Waals surface area contributed by atoms with Gasteiger partial charge in [-0.1, -0.05) is 25.1 Å². The second-order valence-electron chi connectivity index (χ2n) is 6.46. The molecule has 0 saturated carbocycles. The van der Waals surface area contributed by atoms with E-state index >= 15 is 0 Å². The van der Waals surface area contributed by atoms with Gasteiger partial charge in [-0.3, -0.25) is 4.79 Å². The van der Waals surface area contributed by atoms with Crippen LogP contribution in [0.5, 0.6) is 5.75 Å². The lowest BCUT2D eigenvalue weighted by atomic mass is 10.0. The molecule has 0 bridgehead atoms. The summed E-state index contributed by atoms with van der Waals surface area (Å²) in [7, 11) is -1.98. The van der Waals surface area contributed by atoms with Gasteiger partial charge in [-0.15, -0.1) is 0 Å². The molecule has 0 aromatic heterocycles. The van der Waals surface area contributed by atoms with Crippen molar-refractivity contribution in [1.82, 2.24) is 9.62 Å². The smallest absolute Gasteiger partial charge is 0.254 e. The van der Waals surface area contributed by atoms with Gasteiger partial charge in [0.05, 0.1) is 18.0 Å². The van der Waals surface area contributed by atoms with E-state index in [1.807, 2.05) is 29.2 Å². The van der Waals surface area contributed by atoms with Gasteiger partial charge in [0.2, 0.25) is 10.0 Å². The predicted octanol–water partition coefficient (Wildman–Crippen LogP) is 2.97. The largest absolute Gasteiger partial charge is 0.497 e. The maximum Gasteiger partial charge on any atom is 0.254 e. The van der Waals surface area contributed by atoms with Crippen LogP contribution in [-0.4, -0.2) is 39.4 Å². The predicted molar refractivity (Wildman–Crippen MR) is 103 cm³/mol. The molecule has 3 rings (SSSR count). The maximum absolute atomic E-state index is 13.1. The Morgan fingerprint density at radius 1 is 1.22 bits per heavy atom. The van der Waals surface area contributed by atoms with Gasteiger partial charge in [0.15, 0.2) is 0 Å². The molecule has 7 heteroatoms. The first-order valence-electron chi connectivity index (χ1n) is 9.01. The SMILES string of the molecule is CCNS(=O)(=O)c1cccc(C(=O)N2CCCC2c2cccc(OC)c2)c1. The summed E-state index contributed by atoms with van der Waals surface area (Å²) in [6.07, 6.45) is 1.78. The molecule has 1 aliphatic rings. The first kappa shape index (κ1) is 19.4. The van der Waals surface area contributed by atoms with Gasteiger partial charge < -0.3 is 9.64 Å². The van der Waals surface area contributed by atoms with E-state index in [0.29, 0.717) is 18.7 Å². The quantitative estimate of drug-likeness (QED) is 0.825. The molecule has 1 unspecified atom stereocenters. The molecule has 2 aromatic rings. The third kappa shape index (κ3) is 4.14. The number of nitrogens with one attached hydrogen (secondary N) is 1. The van der Waals surface area contributed by atoms with E-state index < -0.39 is 10.0 Å². The van der Waals surface area contributed by atoms with Gasteiger partial charge in [0, 0.05) is 18.7 Å². The zero-order valence-corrected chi connectivity index (χ0v) is 16.3. The number of hydrogen-bond acceptors (Lipinski definition) is 4. The Kier molecular flexibility index (Phi) is 5.82. The molecular weight excluding hydrogens is 364 g/mol. The molecule has 0 spiro atoms. The first-order chi connectivity index (χ1) is 13.0. The number of likely N-dealkylation sites (tertiary alicyclic amines) is 1. The summed E-state index contributed by atoms with van der Waals surface area (Å²) in [4.78, 5) is 15.0. The average Bonchev–Trinajstić information content (AvgIpc) is 3.17. The Hall–Kier alpha value is -2.38. The molecule has 1 heterocycles. The highest BCUT2D eigenvalue weighted by atomic mass is 32.2. The van der Waals surface area contributed by atoms with Crippen LogP contribution in [0.4, 0.5) is 0 Å². The van der Waals surface area contributed by atoms with Crippen molar-refractivity contribution in [3.05, 3.63) is 59.7 Å². The summed E-state index contributed by atoms with van der Waals surface area (Å²) >= 11 is 0. The van der Waals surface area contributed by atoms with Crippen LogP contribution in [-0.2, 0) is 10.0 Å². The molecule has 1 saturated heterocycles. The Balaban J connectivity index is 1.88. The van der Waals surface area contributed by atoms with E-state index in [4.69, 9.17) is 4.74 Å². The fraction of sp³-hybridized carbons (Fsp3) is 0.350. The third-order valence-electron chi connectivity index (χ3n) is 4.72. The molecule has 1 N–H and O–H groups in total. The van der Waals surface area contributed by atoms with Crippen LogP contribution in [0.15, 0.2) is 53.4 Å². The van der Waals surface area contributed by atoms with Crippen LogP contribution in [0.1, 0.15) is 41.7 Å². The Morgan fingerprint density at radius 3 is 2.74 bits per heavy atom. The molecule has 1 atom stereocenters. The summed E-state index contributed by atoms with van der Waals surface area (Å²) in [5.41, 5.74) is 1.40. The number of amides is 1. The third-order valence-corrected chi connectivity index (χ3v) is 6.26. The molecule has 27 heavy (non-hydrogen) atoms. The number of hydrogen-bond donors (Lipinski definition) is 1. The number of carbonyl (C=O) groups is 1. The Morgan fingerprint density at radius 2 is 2.00 bits per heavy atom. The number of benzene rings is 2. The van der Waals surface area contributed by atoms with Crippen molar-refractivity contribution in [3.63, 3.8) is 0 Å². The highest BCUT2D eigenvalue weighted by Gasteiger charge is 2.31. The van der Waals surface area contributed by atoms with Crippen LogP contribution < -0.4 is 9.46 Å². The van der Waals surface area contributed by atoms with Gasteiger partial charge >= 0.3 is 0 Å². The summed E-state index contributed by atoms with van der Waals surface area (Å²) in [5.74, 6) is 0.597. The van der Waals surface area contributed by atoms with Crippen LogP contribution >= 0.6 is 0 Å². The molecule has 1 aliphatic heterocycles. The lowest BCUT2D eigenvalue weighted by Crippen LogP contribution is -2.31. The van der Waals surface area contributed by atoms with E-state index in [2.05, 4.69) is 4.72 Å². The fourth-order valence-corrected chi connectivity index (χ4v) is 4.53. The Labute approximate surface area is 160 Å². The van der Waals surface area contributed by atoms with Crippen molar-refractivity contribution in [3.8, 4) is 5.75 Å². The molecule has 0 radical (unpaired) electrons. The zero-order chi connectivity index (χ0) is 19.4. The number of rotatable bonds is 6. The fourth-order valence-electron chi connectivity index (χ4n) is 3.44. The van der Waals surface area contributed by atoms with Gasteiger partial charge in [0.1, 0.15) is 5.75 Å². The molecule has 1 amide bonds. The second kappa shape index (κ2) is 8.10. The van der Waals surface area contributed by atoms with E-state index in [0.717, 1.165) is 24.2 Å². The lowest BCUT2D eigenvalue weighted by molar-refractivity contribution is 0.0735. The number of ether oxygens (including phenoxy) is 1. The van der Waals surface area contributed by atoms with E-state index in [-0.39, 0.29) is 16.8 Å². The maximum atomic E-state index is 13.1. The van der Waals surface area contributed by atoms with E-state index in [1.54, 1.807) is 26.2 Å². The zero-order valence-electron chi connectivity index (χ0n) is 15.5. The second-order valence-corrected chi connectivity index (χ2v) is 8.23. The highest BCUT2D eigenvalue weighted by molar-refractivity contribution is 7.89. The number of carbonyl (C=O) groups excluding carboxylic acids is 1. The number of sulfonamides is 1. The van der Waals surface area contributed by atoms with Crippen molar-refractivity contribution in [2.24, 2.45) is 0 Å². The lowest BCUT2D eigenvalue weighted by Gasteiger charge is -2.25. The number of methoxy groups -OCH3 is 1. The van der Waals surface area contributed by atoms with Gasteiger partial charge in [-0.25, -0.2) is 13.1 Å². The standard InChI is InChI=1S/C20H24N2O4S/c1-3-21-27(24,25)18-10-5-8-16(14-18)20(23)22-12-6-11-19(22)15-7-4-9-17(13-15)26-2/h4-5,7-10,13-14,19,21H,3,6,11-12H2,1-2H3. The summed E-state index contributed by atoms with van der Waals surface area (Å²) in [6.45, 7) is 2.66. The van der Waals surface area contributed by atoms with Crippen LogP contribution in [0.25, 0.3) is 0 Å². The van der Waals surface area contributed by atoms with Crippen molar-refractivity contribution >= 4 is 15.9 Å². The minimum atomic E-state index is -3.60. The molecule has 2 aromatic carbocycles. The van der Waals surface area contributed by atoms with Gasteiger partial charge in [0.25, 0.3) is 5.91 Å². The molecule has 1 fully saturated rings. The average molecular weight is 388 g/mol. The first-order valence-corrected chi connectivity index (χ1v) is 10.5. The van der Waals surface area contributed by atoms with Gasteiger partial charge in [-0.05, 0) is 48.7 Å². The summed E-state index contributed by atoms with van der Waals surface area (Å²) in [5, 5.41) is 0. The molecule has 6 nitrogen and oxygen atoms in total. The molecular formula is C20H24N2O4S. The van der Waals surface area contributed by atoms with E-state index in [1.165, 1.54) is 12.1 Å².